The first-order chi connectivity index (χ1) is 8.99. The third kappa shape index (κ3) is 2.74. The van der Waals surface area contributed by atoms with Gasteiger partial charge in [-0.2, -0.15) is 5.10 Å². The molecule has 0 saturated carbocycles. The van der Waals surface area contributed by atoms with Crippen molar-refractivity contribution in [3.8, 4) is 0 Å². The third-order valence-electron chi connectivity index (χ3n) is 2.53. The fraction of sp³-hybridized carbons (Fsp3) is 0.0833. The Bertz CT molecular complexity index is 651. The van der Waals surface area contributed by atoms with E-state index in [-0.39, 0.29) is 16.3 Å². The lowest BCUT2D eigenvalue weighted by atomic mass is 10.1. The first kappa shape index (κ1) is 13.1. The molecule has 19 heavy (non-hydrogen) atoms. The van der Waals surface area contributed by atoms with Crippen LogP contribution in [0.4, 0.5) is 5.69 Å². The number of halogens is 1. The third-order valence-corrected chi connectivity index (χ3v) is 2.77. The molecule has 0 aliphatic heterocycles. The molecule has 0 unspecified atom stereocenters. The Labute approximate surface area is 113 Å². The summed E-state index contributed by atoms with van der Waals surface area (Å²) in [6, 6.07) is 4.23. The fourth-order valence-electron chi connectivity index (χ4n) is 1.57. The predicted octanol–water partition coefficient (Wildman–Crippen LogP) is 2.32. The molecular weight excluding hydrogens is 270 g/mol. The maximum atomic E-state index is 12.0. The second-order valence-electron chi connectivity index (χ2n) is 3.86. The molecule has 0 aliphatic rings. The van der Waals surface area contributed by atoms with Crippen LogP contribution in [0.1, 0.15) is 26.4 Å². The molecule has 0 spiro atoms. The van der Waals surface area contributed by atoms with Gasteiger partial charge in [0.1, 0.15) is 0 Å². The lowest BCUT2D eigenvalue weighted by Gasteiger charge is -2.08. The molecule has 2 rings (SSSR count). The van der Waals surface area contributed by atoms with E-state index in [2.05, 4.69) is 15.5 Å². The number of hydrogen-bond acceptors (Lipinski definition) is 3. The lowest BCUT2D eigenvalue weighted by molar-refractivity contribution is 0.0698. The van der Waals surface area contributed by atoms with Crippen LogP contribution in [0.15, 0.2) is 24.4 Å². The van der Waals surface area contributed by atoms with Gasteiger partial charge >= 0.3 is 5.97 Å². The average molecular weight is 280 g/mol. The first-order valence-electron chi connectivity index (χ1n) is 5.33. The number of aromatic nitrogens is 2. The monoisotopic (exact) mass is 279 g/mol. The van der Waals surface area contributed by atoms with E-state index in [0.29, 0.717) is 11.3 Å². The van der Waals surface area contributed by atoms with Gasteiger partial charge < -0.3 is 10.4 Å². The van der Waals surface area contributed by atoms with E-state index in [1.807, 2.05) is 0 Å². The van der Waals surface area contributed by atoms with Crippen molar-refractivity contribution in [1.82, 2.24) is 10.2 Å². The second kappa shape index (κ2) is 5.11. The Morgan fingerprint density at radius 3 is 2.68 bits per heavy atom. The van der Waals surface area contributed by atoms with Gasteiger partial charge in [-0.3, -0.25) is 9.89 Å². The molecule has 2 aromatic rings. The fourth-order valence-corrected chi connectivity index (χ4v) is 1.74. The number of amides is 1. The van der Waals surface area contributed by atoms with Crippen LogP contribution in [0, 0.1) is 6.92 Å². The molecule has 0 aliphatic carbocycles. The van der Waals surface area contributed by atoms with Crippen LogP contribution in [-0.2, 0) is 0 Å². The summed E-state index contributed by atoms with van der Waals surface area (Å²) in [6.07, 6.45) is 1.38. The van der Waals surface area contributed by atoms with Crippen LogP contribution in [0.5, 0.6) is 0 Å². The van der Waals surface area contributed by atoms with E-state index in [1.165, 1.54) is 24.4 Å². The smallest absolute Gasteiger partial charge is 0.337 e. The average Bonchev–Trinajstić information content (AvgIpc) is 2.77. The number of H-pyrrole nitrogens is 1. The number of aromatic carboxylic acids is 1. The molecule has 3 N–H and O–H groups in total. The van der Waals surface area contributed by atoms with Crippen molar-refractivity contribution in [1.29, 1.82) is 0 Å². The molecule has 0 fully saturated rings. The number of rotatable bonds is 3. The summed E-state index contributed by atoms with van der Waals surface area (Å²) in [6.45, 7) is 1.70. The summed E-state index contributed by atoms with van der Waals surface area (Å²) >= 11 is 5.73. The highest BCUT2D eigenvalue weighted by Gasteiger charge is 2.16. The number of carboxylic acids is 1. The summed E-state index contributed by atoms with van der Waals surface area (Å²) in [5.41, 5.74) is 1.07. The molecule has 0 radical (unpaired) electrons. The van der Waals surface area contributed by atoms with Crippen LogP contribution >= 0.6 is 11.6 Å². The van der Waals surface area contributed by atoms with Crippen LogP contribution < -0.4 is 5.32 Å². The van der Waals surface area contributed by atoms with E-state index >= 15 is 0 Å². The zero-order chi connectivity index (χ0) is 14.0. The molecule has 1 aromatic heterocycles. The number of aromatic amines is 1. The summed E-state index contributed by atoms with van der Waals surface area (Å²) in [7, 11) is 0. The van der Waals surface area contributed by atoms with Gasteiger partial charge in [-0.1, -0.05) is 11.6 Å². The van der Waals surface area contributed by atoms with Crippen molar-refractivity contribution < 1.29 is 14.7 Å². The highest BCUT2D eigenvalue weighted by molar-refractivity contribution is 6.31. The van der Waals surface area contributed by atoms with Gasteiger partial charge in [0.05, 0.1) is 23.0 Å². The molecule has 1 heterocycles. The van der Waals surface area contributed by atoms with Crippen molar-refractivity contribution in [2.24, 2.45) is 0 Å². The number of carboxylic acid groups (broad SMARTS) is 1. The minimum Gasteiger partial charge on any atom is -0.478 e. The molecule has 98 valence electrons. The Kier molecular flexibility index (Phi) is 3.52. The highest BCUT2D eigenvalue weighted by Crippen LogP contribution is 2.21. The Morgan fingerprint density at radius 2 is 2.11 bits per heavy atom. The molecule has 1 amide bonds. The van der Waals surface area contributed by atoms with Crippen LogP contribution in [0.2, 0.25) is 5.02 Å². The van der Waals surface area contributed by atoms with Gasteiger partial charge in [0, 0.05) is 10.7 Å². The minimum atomic E-state index is -1.17. The molecule has 7 heteroatoms. The number of benzene rings is 1. The molecule has 0 atom stereocenters. The lowest BCUT2D eigenvalue weighted by Crippen LogP contribution is -2.15. The van der Waals surface area contributed by atoms with Crippen LogP contribution in [-0.4, -0.2) is 27.2 Å². The quantitative estimate of drug-likeness (QED) is 0.803. The van der Waals surface area contributed by atoms with E-state index in [9.17, 15) is 9.59 Å². The zero-order valence-corrected chi connectivity index (χ0v) is 10.7. The normalized spacial score (nSPS) is 10.2. The summed E-state index contributed by atoms with van der Waals surface area (Å²) in [4.78, 5) is 23.0. The number of carbonyl (C=O) groups is 2. The molecule has 0 bridgehead atoms. The Balaban J connectivity index is 2.32. The number of anilines is 1. The topological polar surface area (TPSA) is 95.1 Å². The maximum absolute atomic E-state index is 12.0. The van der Waals surface area contributed by atoms with Crippen molar-refractivity contribution in [3.05, 3.63) is 46.2 Å². The number of nitrogens with zero attached hydrogens (tertiary/aromatic N) is 1. The standard InChI is InChI=1S/C12H10ClN3O3/c1-6-9(5-14-16-6)11(17)15-10-3-2-7(13)4-8(10)12(18)19/h2-5H,1H3,(H,14,16)(H,15,17)(H,18,19). The number of carbonyl (C=O) groups excluding carboxylic acids is 1. The Hall–Kier alpha value is -2.34. The van der Waals surface area contributed by atoms with Gasteiger partial charge in [-0.15, -0.1) is 0 Å². The SMILES string of the molecule is Cc1[nH]ncc1C(=O)Nc1ccc(Cl)cc1C(=O)O. The van der Waals surface area contributed by atoms with Crippen molar-refractivity contribution in [2.75, 3.05) is 5.32 Å². The van der Waals surface area contributed by atoms with E-state index < -0.39 is 11.9 Å². The molecule has 1 aromatic carbocycles. The minimum absolute atomic E-state index is 0.0676. The van der Waals surface area contributed by atoms with Crippen molar-refractivity contribution >= 4 is 29.2 Å². The van der Waals surface area contributed by atoms with E-state index in [1.54, 1.807) is 6.92 Å². The van der Waals surface area contributed by atoms with Gasteiger partial charge in [-0.05, 0) is 25.1 Å². The number of aryl methyl sites for hydroxylation is 1. The van der Waals surface area contributed by atoms with Gasteiger partial charge in [0.25, 0.3) is 5.91 Å². The first-order valence-corrected chi connectivity index (χ1v) is 5.71. The van der Waals surface area contributed by atoms with E-state index in [0.717, 1.165) is 0 Å². The van der Waals surface area contributed by atoms with Crippen LogP contribution in [0.3, 0.4) is 0 Å². The number of hydrogen-bond donors (Lipinski definition) is 3. The van der Waals surface area contributed by atoms with Gasteiger partial charge in [0.2, 0.25) is 0 Å². The van der Waals surface area contributed by atoms with Crippen LogP contribution in [0.25, 0.3) is 0 Å². The summed E-state index contributed by atoms with van der Waals surface area (Å²) in [5.74, 6) is -1.60. The van der Waals surface area contributed by atoms with Crippen molar-refractivity contribution in [2.45, 2.75) is 6.92 Å². The number of nitrogens with one attached hydrogen (secondary N) is 2. The highest BCUT2D eigenvalue weighted by atomic mass is 35.5. The summed E-state index contributed by atoms with van der Waals surface area (Å²) in [5, 5.41) is 18.2. The summed E-state index contributed by atoms with van der Waals surface area (Å²) < 4.78 is 0. The maximum Gasteiger partial charge on any atom is 0.337 e. The zero-order valence-electron chi connectivity index (χ0n) is 9.90. The van der Waals surface area contributed by atoms with Gasteiger partial charge in [0.15, 0.2) is 0 Å². The Morgan fingerprint density at radius 1 is 1.37 bits per heavy atom. The molecular formula is C12H10ClN3O3. The van der Waals surface area contributed by atoms with E-state index in [4.69, 9.17) is 16.7 Å². The molecule has 6 nitrogen and oxygen atoms in total. The molecule has 0 saturated heterocycles. The van der Waals surface area contributed by atoms with Crippen molar-refractivity contribution in [3.63, 3.8) is 0 Å². The second-order valence-corrected chi connectivity index (χ2v) is 4.29. The predicted molar refractivity (Wildman–Crippen MR) is 69.7 cm³/mol. The van der Waals surface area contributed by atoms with Gasteiger partial charge in [-0.25, -0.2) is 4.79 Å². The largest absolute Gasteiger partial charge is 0.478 e.